The van der Waals surface area contributed by atoms with E-state index in [4.69, 9.17) is 4.74 Å². The van der Waals surface area contributed by atoms with E-state index < -0.39 is 0 Å². The van der Waals surface area contributed by atoms with E-state index in [0.29, 0.717) is 18.8 Å². The lowest BCUT2D eigenvalue weighted by Crippen LogP contribution is -2.31. The number of rotatable bonds is 9. The van der Waals surface area contributed by atoms with Gasteiger partial charge in [0.1, 0.15) is 17.6 Å². The lowest BCUT2D eigenvalue weighted by atomic mass is 10.0. The number of nitrogens with zero attached hydrogens (tertiary/aromatic N) is 4. The SMILES string of the molecule is COc1ccc(C(NC(=O)CCc2c(C)nn(CC(C)C)c2C)c2nccn2C)cc1. The third kappa shape index (κ3) is 5.34. The molecule has 3 rings (SSSR count). The molecule has 1 N–H and O–H groups in total. The predicted molar refractivity (Wildman–Crippen MR) is 121 cm³/mol. The zero-order valence-electron chi connectivity index (χ0n) is 19.3. The minimum Gasteiger partial charge on any atom is -0.497 e. The molecule has 0 aliphatic carbocycles. The highest BCUT2D eigenvalue weighted by atomic mass is 16.5. The van der Waals surface area contributed by atoms with Gasteiger partial charge in [0, 0.05) is 38.1 Å². The van der Waals surface area contributed by atoms with Crippen LogP contribution in [-0.2, 0) is 24.8 Å². The number of hydrogen-bond donors (Lipinski definition) is 1. The van der Waals surface area contributed by atoms with Crippen molar-refractivity contribution in [1.82, 2.24) is 24.6 Å². The fourth-order valence-corrected chi connectivity index (χ4v) is 3.84. The van der Waals surface area contributed by atoms with Crippen LogP contribution in [0.1, 0.15) is 54.6 Å². The second-order valence-electron chi connectivity index (χ2n) is 8.40. The normalized spacial score (nSPS) is 12.2. The number of benzene rings is 1. The van der Waals surface area contributed by atoms with E-state index >= 15 is 0 Å². The van der Waals surface area contributed by atoms with Gasteiger partial charge in [0.25, 0.3) is 0 Å². The van der Waals surface area contributed by atoms with E-state index in [-0.39, 0.29) is 11.9 Å². The Labute approximate surface area is 184 Å². The summed E-state index contributed by atoms with van der Waals surface area (Å²) in [6.07, 6.45) is 4.69. The smallest absolute Gasteiger partial charge is 0.221 e. The lowest BCUT2D eigenvalue weighted by molar-refractivity contribution is -0.121. The Hall–Kier alpha value is -3.09. The molecule has 0 aliphatic rings. The average Bonchev–Trinajstić information content (AvgIpc) is 3.27. The molecular formula is C24H33N5O2. The first-order chi connectivity index (χ1) is 14.8. The molecular weight excluding hydrogens is 390 g/mol. The number of ether oxygens (including phenoxy) is 1. The van der Waals surface area contributed by atoms with Gasteiger partial charge in [-0.05, 0) is 49.4 Å². The molecule has 7 nitrogen and oxygen atoms in total. The summed E-state index contributed by atoms with van der Waals surface area (Å²) in [7, 11) is 3.57. The van der Waals surface area contributed by atoms with Gasteiger partial charge in [0.05, 0.1) is 12.8 Å². The Morgan fingerprint density at radius 2 is 1.90 bits per heavy atom. The number of carbonyl (C=O) groups is 1. The van der Waals surface area contributed by atoms with Gasteiger partial charge in [-0.3, -0.25) is 9.48 Å². The number of methoxy groups -OCH3 is 1. The third-order valence-corrected chi connectivity index (χ3v) is 5.54. The molecule has 0 saturated carbocycles. The standard InChI is InChI=1S/C24H33N5O2/c1-16(2)15-29-18(4)21(17(3)27-29)11-12-22(30)26-23(24-25-13-14-28(24)5)19-7-9-20(31-6)10-8-19/h7-10,13-14,16,23H,11-12,15H2,1-6H3,(H,26,30). The molecule has 0 spiro atoms. The molecule has 7 heteroatoms. The van der Waals surface area contributed by atoms with Crippen molar-refractivity contribution in [1.29, 1.82) is 0 Å². The number of aryl methyl sites for hydroxylation is 2. The van der Waals surface area contributed by atoms with Gasteiger partial charge in [0.15, 0.2) is 0 Å². The van der Waals surface area contributed by atoms with Crippen molar-refractivity contribution in [3.63, 3.8) is 0 Å². The highest BCUT2D eigenvalue weighted by Crippen LogP contribution is 2.23. The van der Waals surface area contributed by atoms with Crippen LogP contribution in [0, 0.1) is 19.8 Å². The number of nitrogens with one attached hydrogen (secondary N) is 1. The van der Waals surface area contributed by atoms with Gasteiger partial charge in [-0.15, -0.1) is 0 Å². The molecule has 0 radical (unpaired) electrons. The molecule has 166 valence electrons. The first kappa shape index (κ1) is 22.6. The van der Waals surface area contributed by atoms with Crippen LogP contribution < -0.4 is 10.1 Å². The molecule has 1 atom stereocenters. The molecule has 2 aromatic heterocycles. The number of amides is 1. The van der Waals surface area contributed by atoms with Gasteiger partial charge in [0.2, 0.25) is 5.91 Å². The first-order valence-electron chi connectivity index (χ1n) is 10.7. The van der Waals surface area contributed by atoms with E-state index in [1.165, 1.54) is 0 Å². The second kappa shape index (κ2) is 9.81. The number of carbonyl (C=O) groups excluding carboxylic acids is 1. The Morgan fingerprint density at radius 1 is 1.19 bits per heavy atom. The molecule has 0 aliphatic heterocycles. The highest BCUT2D eigenvalue weighted by molar-refractivity contribution is 5.77. The van der Waals surface area contributed by atoms with Gasteiger partial charge in [-0.2, -0.15) is 5.10 Å². The summed E-state index contributed by atoms with van der Waals surface area (Å²) >= 11 is 0. The van der Waals surface area contributed by atoms with Crippen molar-refractivity contribution in [3.8, 4) is 5.75 Å². The average molecular weight is 424 g/mol. The quantitative estimate of drug-likeness (QED) is 0.569. The van der Waals surface area contributed by atoms with Crippen LogP contribution in [0.2, 0.25) is 0 Å². The Kier molecular flexibility index (Phi) is 7.15. The summed E-state index contributed by atoms with van der Waals surface area (Å²) < 4.78 is 9.25. The van der Waals surface area contributed by atoms with Crippen molar-refractivity contribution >= 4 is 5.91 Å². The molecule has 0 fully saturated rings. The first-order valence-corrected chi connectivity index (χ1v) is 10.7. The topological polar surface area (TPSA) is 74.0 Å². The number of aromatic nitrogens is 4. The summed E-state index contributed by atoms with van der Waals surface area (Å²) in [4.78, 5) is 17.4. The molecule has 31 heavy (non-hydrogen) atoms. The Balaban J connectivity index is 1.74. The third-order valence-electron chi connectivity index (χ3n) is 5.54. The number of hydrogen-bond acceptors (Lipinski definition) is 4. The van der Waals surface area contributed by atoms with Crippen LogP contribution in [0.5, 0.6) is 5.75 Å². The van der Waals surface area contributed by atoms with E-state index in [1.54, 1.807) is 13.3 Å². The largest absolute Gasteiger partial charge is 0.497 e. The van der Waals surface area contributed by atoms with Crippen LogP contribution in [0.25, 0.3) is 0 Å². The van der Waals surface area contributed by atoms with E-state index in [2.05, 4.69) is 40.9 Å². The minimum atomic E-state index is -0.329. The summed E-state index contributed by atoms with van der Waals surface area (Å²) in [5.74, 6) is 2.07. The van der Waals surface area contributed by atoms with E-state index in [1.807, 2.05) is 49.0 Å². The Morgan fingerprint density at radius 3 is 2.48 bits per heavy atom. The fraction of sp³-hybridized carbons (Fsp3) is 0.458. The second-order valence-corrected chi connectivity index (χ2v) is 8.40. The van der Waals surface area contributed by atoms with Gasteiger partial charge >= 0.3 is 0 Å². The summed E-state index contributed by atoms with van der Waals surface area (Å²) in [5, 5.41) is 7.84. The zero-order valence-corrected chi connectivity index (χ0v) is 19.3. The summed E-state index contributed by atoms with van der Waals surface area (Å²) in [5.41, 5.74) is 4.27. The summed E-state index contributed by atoms with van der Waals surface area (Å²) in [6.45, 7) is 9.35. The predicted octanol–water partition coefficient (Wildman–Crippen LogP) is 3.74. The maximum Gasteiger partial charge on any atom is 0.221 e. The number of imidazole rings is 1. The van der Waals surface area contributed by atoms with Crippen molar-refractivity contribution in [3.05, 3.63) is 65.0 Å². The Bertz CT molecular complexity index is 1020. The minimum absolute atomic E-state index is 0.0146. The van der Waals surface area contributed by atoms with Gasteiger partial charge < -0.3 is 14.6 Å². The van der Waals surface area contributed by atoms with Crippen molar-refractivity contribution in [2.75, 3.05) is 7.11 Å². The molecule has 1 aromatic carbocycles. The monoisotopic (exact) mass is 423 g/mol. The fourth-order valence-electron chi connectivity index (χ4n) is 3.84. The molecule has 1 unspecified atom stereocenters. The molecule has 1 amide bonds. The van der Waals surface area contributed by atoms with Gasteiger partial charge in [-0.1, -0.05) is 26.0 Å². The van der Waals surface area contributed by atoms with Crippen LogP contribution in [-0.4, -0.2) is 32.3 Å². The maximum absolute atomic E-state index is 12.9. The van der Waals surface area contributed by atoms with Crippen LogP contribution >= 0.6 is 0 Å². The zero-order chi connectivity index (χ0) is 22.5. The van der Waals surface area contributed by atoms with Crippen molar-refractivity contribution in [2.24, 2.45) is 13.0 Å². The molecule has 0 saturated heterocycles. The van der Waals surface area contributed by atoms with Crippen molar-refractivity contribution < 1.29 is 9.53 Å². The van der Waals surface area contributed by atoms with Gasteiger partial charge in [-0.25, -0.2) is 4.98 Å². The van der Waals surface area contributed by atoms with Crippen molar-refractivity contribution in [2.45, 2.75) is 53.1 Å². The molecule has 3 aromatic rings. The van der Waals surface area contributed by atoms with Crippen LogP contribution in [0.15, 0.2) is 36.7 Å². The highest BCUT2D eigenvalue weighted by Gasteiger charge is 2.21. The van der Waals surface area contributed by atoms with Crippen LogP contribution in [0.3, 0.4) is 0 Å². The molecule has 0 bridgehead atoms. The lowest BCUT2D eigenvalue weighted by Gasteiger charge is -2.19. The van der Waals surface area contributed by atoms with Crippen LogP contribution in [0.4, 0.5) is 0 Å². The maximum atomic E-state index is 12.9. The van der Waals surface area contributed by atoms with E-state index in [9.17, 15) is 4.79 Å². The molecule has 2 heterocycles. The van der Waals surface area contributed by atoms with E-state index in [0.717, 1.165) is 40.6 Å². The summed E-state index contributed by atoms with van der Waals surface area (Å²) in [6, 6.07) is 7.38.